The van der Waals surface area contributed by atoms with Gasteiger partial charge in [0.1, 0.15) is 15.8 Å². The molecule has 1 aliphatic rings. The molecule has 1 fully saturated rings. The van der Waals surface area contributed by atoms with Gasteiger partial charge in [0.2, 0.25) is 5.28 Å². The van der Waals surface area contributed by atoms with Crippen LogP contribution in [0.1, 0.15) is 23.3 Å². The first-order chi connectivity index (χ1) is 11.1. The van der Waals surface area contributed by atoms with E-state index < -0.39 is 0 Å². The van der Waals surface area contributed by atoms with E-state index in [1.165, 1.54) is 0 Å². The van der Waals surface area contributed by atoms with E-state index in [4.69, 9.17) is 11.6 Å². The lowest BCUT2D eigenvalue weighted by molar-refractivity contribution is 0.0946. The highest BCUT2D eigenvalue weighted by atomic mass is 79.9. The summed E-state index contributed by atoms with van der Waals surface area (Å²) in [5, 5.41) is 16.9. The van der Waals surface area contributed by atoms with Crippen LogP contribution in [0.15, 0.2) is 22.8 Å². The number of nitrogens with one attached hydrogen (secondary N) is 3. The largest absolute Gasteiger partial charge is 0.348 e. The summed E-state index contributed by atoms with van der Waals surface area (Å²) in [6.07, 6.45) is 2.07. The van der Waals surface area contributed by atoms with Gasteiger partial charge in [0.15, 0.2) is 11.6 Å². The smallest absolute Gasteiger partial charge is 0.269 e. The molecular formula is C13H11BrClN7O. The van der Waals surface area contributed by atoms with Gasteiger partial charge in [0.25, 0.3) is 5.91 Å². The number of nitrogens with zero attached hydrogens (tertiary/aromatic N) is 4. The molecule has 0 bridgehead atoms. The lowest BCUT2D eigenvalue weighted by Crippen LogP contribution is -2.25. The SMILES string of the molecule is O=C(NC1CC1)c1cc(Nc2nc(Cl)nn3c(Br)ccc23)n[nH]1. The fraction of sp³-hybridized carbons (Fsp3) is 0.231. The van der Waals surface area contributed by atoms with E-state index >= 15 is 0 Å². The number of fused-ring (bicyclic) bond motifs is 1. The Balaban J connectivity index is 1.60. The summed E-state index contributed by atoms with van der Waals surface area (Å²) in [4.78, 5) is 16.1. The third-order valence-electron chi connectivity index (χ3n) is 3.42. The molecule has 1 saturated carbocycles. The summed E-state index contributed by atoms with van der Waals surface area (Å²) < 4.78 is 2.37. The predicted octanol–water partition coefficient (Wildman–Crippen LogP) is 2.50. The molecule has 0 saturated heterocycles. The fourth-order valence-electron chi connectivity index (χ4n) is 2.15. The average molecular weight is 397 g/mol. The lowest BCUT2D eigenvalue weighted by Gasteiger charge is -2.05. The van der Waals surface area contributed by atoms with Crippen molar-refractivity contribution < 1.29 is 4.79 Å². The first-order valence-corrected chi connectivity index (χ1v) is 8.11. The quantitative estimate of drug-likeness (QED) is 0.629. The van der Waals surface area contributed by atoms with Crippen LogP contribution >= 0.6 is 27.5 Å². The van der Waals surface area contributed by atoms with Gasteiger partial charge in [0, 0.05) is 12.1 Å². The number of aromatic nitrogens is 5. The van der Waals surface area contributed by atoms with Gasteiger partial charge >= 0.3 is 0 Å². The monoisotopic (exact) mass is 395 g/mol. The van der Waals surface area contributed by atoms with Gasteiger partial charge < -0.3 is 10.6 Å². The molecule has 10 heteroatoms. The Morgan fingerprint density at radius 3 is 3.04 bits per heavy atom. The van der Waals surface area contributed by atoms with Crippen LogP contribution in [-0.2, 0) is 0 Å². The average Bonchev–Trinajstić information content (AvgIpc) is 3.06. The van der Waals surface area contributed by atoms with Crippen molar-refractivity contribution in [1.82, 2.24) is 30.1 Å². The number of carbonyl (C=O) groups is 1. The highest BCUT2D eigenvalue weighted by Gasteiger charge is 2.24. The molecule has 1 amide bonds. The van der Waals surface area contributed by atoms with E-state index in [1.54, 1.807) is 10.6 Å². The number of amides is 1. The number of hydrogen-bond donors (Lipinski definition) is 3. The molecule has 118 valence electrons. The zero-order valence-electron chi connectivity index (χ0n) is 11.7. The minimum absolute atomic E-state index is 0.0964. The first kappa shape index (κ1) is 14.5. The van der Waals surface area contributed by atoms with Crippen molar-refractivity contribution in [2.45, 2.75) is 18.9 Å². The van der Waals surface area contributed by atoms with Gasteiger partial charge in [-0.3, -0.25) is 9.89 Å². The number of H-pyrrole nitrogens is 1. The van der Waals surface area contributed by atoms with E-state index in [9.17, 15) is 4.79 Å². The molecule has 0 unspecified atom stereocenters. The number of hydrogen-bond acceptors (Lipinski definition) is 5. The van der Waals surface area contributed by atoms with Crippen molar-refractivity contribution in [2.75, 3.05) is 5.32 Å². The maximum absolute atomic E-state index is 12.0. The third kappa shape index (κ3) is 2.89. The predicted molar refractivity (Wildman–Crippen MR) is 88.1 cm³/mol. The Kier molecular flexibility index (Phi) is 3.46. The third-order valence-corrected chi connectivity index (χ3v) is 4.18. The summed E-state index contributed by atoms with van der Waals surface area (Å²) in [5.74, 6) is 0.806. The maximum atomic E-state index is 12.0. The zero-order valence-corrected chi connectivity index (χ0v) is 14.0. The zero-order chi connectivity index (χ0) is 16.0. The molecular weight excluding hydrogens is 386 g/mol. The van der Waals surface area contributed by atoms with Crippen molar-refractivity contribution in [3.63, 3.8) is 0 Å². The van der Waals surface area contributed by atoms with E-state index in [-0.39, 0.29) is 11.2 Å². The van der Waals surface area contributed by atoms with Crippen molar-refractivity contribution in [1.29, 1.82) is 0 Å². The standard InChI is InChI=1S/C13H11BrClN7O/c14-9-4-3-8-11(18-13(15)21-22(8)9)17-10-5-7(19-20-10)12(23)16-6-1-2-6/h3-6H,1-2H2,(H,16,23)(H2,17,18,19,20,21). The Morgan fingerprint density at radius 2 is 2.26 bits per heavy atom. The number of anilines is 2. The minimum Gasteiger partial charge on any atom is -0.348 e. The summed E-state index contributed by atoms with van der Waals surface area (Å²) in [6, 6.07) is 5.60. The second-order valence-corrected chi connectivity index (χ2v) is 6.37. The molecule has 0 atom stereocenters. The first-order valence-electron chi connectivity index (χ1n) is 6.94. The Labute approximate surface area is 143 Å². The molecule has 3 aromatic rings. The summed E-state index contributed by atoms with van der Waals surface area (Å²) >= 11 is 9.33. The van der Waals surface area contributed by atoms with E-state index in [1.807, 2.05) is 12.1 Å². The van der Waals surface area contributed by atoms with Crippen LogP contribution in [0, 0.1) is 0 Å². The van der Waals surface area contributed by atoms with Crippen molar-refractivity contribution in [3.05, 3.63) is 33.8 Å². The summed E-state index contributed by atoms with van der Waals surface area (Å²) in [6.45, 7) is 0. The molecule has 8 nitrogen and oxygen atoms in total. The highest BCUT2D eigenvalue weighted by molar-refractivity contribution is 9.10. The fourth-order valence-corrected chi connectivity index (χ4v) is 2.71. The molecule has 23 heavy (non-hydrogen) atoms. The van der Waals surface area contributed by atoms with Crippen LogP contribution < -0.4 is 10.6 Å². The highest BCUT2D eigenvalue weighted by Crippen LogP contribution is 2.24. The topological polar surface area (TPSA) is 100 Å². The molecule has 0 spiro atoms. The molecule has 3 aromatic heterocycles. The van der Waals surface area contributed by atoms with Crippen molar-refractivity contribution in [2.24, 2.45) is 0 Å². The molecule has 3 heterocycles. The molecule has 0 radical (unpaired) electrons. The van der Waals surface area contributed by atoms with Gasteiger partial charge in [-0.1, -0.05) is 0 Å². The molecule has 0 aromatic carbocycles. The van der Waals surface area contributed by atoms with Crippen molar-refractivity contribution in [3.8, 4) is 0 Å². The van der Waals surface area contributed by atoms with Crippen LogP contribution in [0.5, 0.6) is 0 Å². The van der Waals surface area contributed by atoms with Gasteiger partial charge in [0.05, 0.1) is 0 Å². The van der Waals surface area contributed by atoms with E-state index in [0.29, 0.717) is 23.4 Å². The van der Waals surface area contributed by atoms with Crippen LogP contribution in [0.3, 0.4) is 0 Å². The lowest BCUT2D eigenvalue weighted by atomic mass is 10.4. The number of rotatable bonds is 4. The summed E-state index contributed by atoms with van der Waals surface area (Å²) in [5.41, 5.74) is 1.13. The van der Waals surface area contributed by atoms with Gasteiger partial charge in [-0.2, -0.15) is 10.1 Å². The molecule has 3 N–H and O–H groups in total. The maximum Gasteiger partial charge on any atom is 0.269 e. The second-order valence-electron chi connectivity index (χ2n) is 5.22. The van der Waals surface area contributed by atoms with Gasteiger partial charge in [-0.15, -0.1) is 5.10 Å². The Morgan fingerprint density at radius 1 is 1.43 bits per heavy atom. The Hall–Kier alpha value is -2.13. The van der Waals surface area contributed by atoms with Crippen molar-refractivity contribution >= 4 is 50.6 Å². The molecule has 1 aliphatic carbocycles. The van der Waals surface area contributed by atoms with Crippen LogP contribution in [0.2, 0.25) is 5.28 Å². The van der Waals surface area contributed by atoms with Gasteiger partial charge in [-0.05, 0) is 52.5 Å². The number of halogens is 2. The summed E-state index contributed by atoms with van der Waals surface area (Å²) in [7, 11) is 0. The van der Waals surface area contributed by atoms with Crippen LogP contribution in [0.4, 0.5) is 11.6 Å². The second kappa shape index (κ2) is 5.50. The number of carbonyl (C=O) groups excluding carboxylic acids is 1. The molecule has 0 aliphatic heterocycles. The Bertz CT molecular complexity index is 901. The molecule has 4 rings (SSSR count). The minimum atomic E-state index is -0.163. The van der Waals surface area contributed by atoms with Crippen LogP contribution in [-0.4, -0.2) is 36.7 Å². The van der Waals surface area contributed by atoms with E-state index in [2.05, 4.69) is 46.8 Å². The van der Waals surface area contributed by atoms with Crippen LogP contribution in [0.25, 0.3) is 5.52 Å². The van der Waals surface area contributed by atoms with E-state index in [0.717, 1.165) is 23.0 Å². The van der Waals surface area contributed by atoms with Gasteiger partial charge in [-0.25, -0.2) is 4.52 Å². The number of aromatic amines is 1. The normalized spacial score (nSPS) is 14.2.